The molecule has 0 unspecified atom stereocenters. The van der Waals surface area contributed by atoms with E-state index in [1.165, 1.54) is 0 Å². The average Bonchev–Trinajstić information content (AvgIpc) is 3.96. The Bertz CT molecular complexity index is 3520. The molecule has 4 aromatic heterocycles. The predicted octanol–water partition coefficient (Wildman–Crippen LogP) is 14.0. The van der Waals surface area contributed by atoms with Crippen molar-refractivity contribution in [2.24, 2.45) is 0 Å². The van der Waals surface area contributed by atoms with E-state index in [9.17, 15) is 0 Å². The van der Waals surface area contributed by atoms with Crippen molar-refractivity contribution in [2.75, 3.05) is 0 Å². The first-order valence-electron chi connectivity index (χ1n) is 19.1. The van der Waals surface area contributed by atoms with Gasteiger partial charge in [0, 0.05) is 49.3 Å². The Labute approximate surface area is 326 Å². The molecular formula is C52H31N3O2. The fourth-order valence-electron chi connectivity index (χ4n) is 8.52. The van der Waals surface area contributed by atoms with Gasteiger partial charge in [0.15, 0.2) is 5.82 Å². The van der Waals surface area contributed by atoms with Crippen molar-refractivity contribution in [3.8, 4) is 50.7 Å². The van der Waals surface area contributed by atoms with Gasteiger partial charge in [0.1, 0.15) is 22.3 Å². The number of benzene rings is 8. The molecule has 0 spiro atoms. The SMILES string of the molecule is c1ccc(-c2cccc(-c3nc(-c4ccc(-n5c6ccccc6c6c7oc8ccccc8c7ccc65)cc4)cc(-c4ccc5c(c4)oc4ccccc45)n3)c2)cc1. The van der Waals surface area contributed by atoms with Crippen LogP contribution in [-0.2, 0) is 0 Å². The Morgan fingerprint density at radius 1 is 0.351 bits per heavy atom. The molecule has 5 heteroatoms. The van der Waals surface area contributed by atoms with Crippen LogP contribution in [0.25, 0.3) is 116 Å². The van der Waals surface area contributed by atoms with Gasteiger partial charge in [-0.2, -0.15) is 0 Å². The van der Waals surface area contributed by atoms with Gasteiger partial charge < -0.3 is 13.4 Å². The van der Waals surface area contributed by atoms with Gasteiger partial charge in [-0.05, 0) is 77.9 Å². The first-order valence-corrected chi connectivity index (χ1v) is 19.1. The van der Waals surface area contributed by atoms with Crippen molar-refractivity contribution < 1.29 is 8.83 Å². The number of aromatic nitrogens is 3. The third-order valence-electron chi connectivity index (χ3n) is 11.2. The summed E-state index contributed by atoms with van der Waals surface area (Å²) < 4.78 is 15.2. The lowest BCUT2D eigenvalue weighted by atomic mass is 10.0. The van der Waals surface area contributed by atoms with Gasteiger partial charge in [-0.3, -0.25) is 0 Å². The summed E-state index contributed by atoms with van der Waals surface area (Å²) >= 11 is 0. The quantitative estimate of drug-likeness (QED) is 0.177. The highest BCUT2D eigenvalue weighted by atomic mass is 16.3. The van der Waals surface area contributed by atoms with Gasteiger partial charge in [0.2, 0.25) is 0 Å². The number of hydrogen-bond donors (Lipinski definition) is 0. The molecule has 0 bridgehead atoms. The maximum atomic E-state index is 6.53. The van der Waals surface area contributed by atoms with E-state index in [0.717, 1.165) is 111 Å². The van der Waals surface area contributed by atoms with E-state index >= 15 is 0 Å². The smallest absolute Gasteiger partial charge is 0.160 e. The number of nitrogens with zero attached hydrogens (tertiary/aromatic N) is 3. The molecule has 0 radical (unpaired) electrons. The molecule has 0 amide bonds. The molecule has 12 aromatic rings. The molecule has 0 N–H and O–H groups in total. The lowest BCUT2D eigenvalue weighted by Crippen LogP contribution is -1.97. The molecule has 5 nitrogen and oxygen atoms in total. The molecule has 0 aliphatic rings. The van der Waals surface area contributed by atoms with Crippen molar-refractivity contribution in [3.05, 3.63) is 188 Å². The Balaban J connectivity index is 1.01. The molecule has 4 heterocycles. The molecule has 0 aliphatic carbocycles. The van der Waals surface area contributed by atoms with E-state index in [0.29, 0.717) is 5.82 Å². The van der Waals surface area contributed by atoms with Crippen molar-refractivity contribution in [1.82, 2.24) is 14.5 Å². The van der Waals surface area contributed by atoms with Crippen LogP contribution < -0.4 is 0 Å². The molecular weight excluding hydrogens is 699 g/mol. The fraction of sp³-hybridized carbons (Fsp3) is 0. The molecule has 0 saturated heterocycles. The van der Waals surface area contributed by atoms with Gasteiger partial charge in [-0.1, -0.05) is 121 Å². The van der Waals surface area contributed by atoms with Crippen molar-refractivity contribution >= 4 is 65.7 Å². The summed E-state index contributed by atoms with van der Waals surface area (Å²) in [6.45, 7) is 0. The molecule has 8 aromatic carbocycles. The van der Waals surface area contributed by atoms with Crippen molar-refractivity contribution in [2.45, 2.75) is 0 Å². The van der Waals surface area contributed by atoms with Crippen LogP contribution in [0.1, 0.15) is 0 Å². The number of rotatable bonds is 5. The zero-order chi connectivity index (χ0) is 37.5. The monoisotopic (exact) mass is 729 g/mol. The van der Waals surface area contributed by atoms with Crippen LogP contribution in [0.3, 0.4) is 0 Å². The van der Waals surface area contributed by atoms with E-state index in [1.54, 1.807) is 0 Å². The second kappa shape index (κ2) is 12.4. The van der Waals surface area contributed by atoms with Gasteiger partial charge in [-0.25, -0.2) is 9.97 Å². The molecule has 12 rings (SSSR count). The summed E-state index contributed by atoms with van der Waals surface area (Å²) in [6, 6.07) is 65.4. The second-order valence-electron chi connectivity index (χ2n) is 14.6. The van der Waals surface area contributed by atoms with Crippen LogP contribution in [0, 0.1) is 0 Å². The summed E-state index contributed by atoms with van der Waals surface area (Å²) in [5.41, 5.74) is 13.6. The molecule has 0 fully saturated rings. The van der Waals surface area contributed by atoms with Crippen LogP contribution in [0.4, 0.5) is 0 Å². The minimum atomic E-state index is 0.659. The van der Waals surface area contributed by atoms with Crippen LogP contribution >= 0.6 is 0 Å². The van der Waals surface area contributed by atoms with E-state index in [1.807, 2.05) is 36.4 Å². The van der Waals surface area contributed by atoms with E-state index < -0.39 is 0 Å². The zero-order valence-corrected chi connectivity index (χ0v) is 30.6. The van der Waals surface area contributed by atoms with Crippen molar-refractivity contribution in [3.63, 3.8) is 0 Å². The summed E-state index contributed by atoms with van der Waals surface area (Å²) in [5, 5.41) is 6.72. The Morgan fingerprint density at radius 3 is 1.79 bits per heavy atom. The molecule has 57 heavy (non-hydrogen) atoms. The lowest BCUT2D eigenvalue weighted by molar-refractivity contribution is 0.669. The van der Waals surface area contributed by atoms with Gasteiger partial charge in [0.25, 0.3) is 0 Å². The van der Waals surface area contributed by atoms with Crippen LogP contribution in [0.5, 0.6) is 0 Å². The summed E-state index contributed by atoms with van der Waals surface area (Å²) in [5.74, 6) is 0.659. The first kappa shape index (κ1) is 31.6. The summed E-state index contributed by atoms with van der Waals surface area (Å²) in [4.78, 5) is 10.4. The molecule has 0 aliphatic heterocycles. The van der Waals surface area contributed by atoms with Crippen LogP contribution in [-0.4, -0.2) is 14.5 Å². The van der Waals surface area contributed by atoms with Crippen LogP contribution in [0.15, 0.2) is 197 Å². The summed E-state index contributed by atoms with van der Waals surface area (Å²) in [6.07, 6.45) is 0. The van der Waals surface area contributed by atoms with Crippen LogP contribution in [0.2, 0.25) is 0 Å². The number of para-hydroxylation sites is 3. The van der Waals surface area contributed by atoms with Gasteiger partial charge in [-0.15, -0.1) is 0 Å². The molecule has 0 atom stereocenters. The number of hydrogen-bond acceptors (Lipinski definition) is 4. The maximum Gasteiger partial charge on any atom is 0.160 e. The number of furan rings is 2. The Hall–Kier alpha value is -7.76. The molecule has 0 saturated carbocycles. The third kappa shape index (κ3) is 5.03. The van der Waals surface area contributed by atoms with Gasteiger partial charge >= 0.3 is 0 Å². The van der Waals surface area contributed by atoms with Crippen molar-refractivity contribution in [1.29, 1.82) is 0 Å². The minimum Gasteiger partial charge on any atom is -0.456 e. The normalized spacial score (nSPS) is 11.9. The summed E-state index contributed by atoms with van der Waals surface area (Å²) in [7, 11) is 0. The topological polar surface area (TPSA) is 57.0 Å². The average molecular weight is 730 g/mol. The predicted molar refractivity (Wildman–Crippen MR) is 233 cm³/mol. The largest absolute Gasteiger partial charge is 0.456 e. The maximum absolute atomic E-state index is 6.53. The molecule has 266 valence electrons. The highest BCUT2D eigenvalue weighted by molar-refractivity contribution is 6.23. The second-order valence-corrected chi connectivity index (χ2v) is 14.6. The lowest BCUT2D eigenvalue weighted by Gasteiger charge is -2.12. The zero-order valence-electron chi connectivity index (χ0n) is 30.6. The Kier molecular flexibility index (Phi) is 6.86. The standard InChI is InChI=1S/C52H31N3O2/c1-2-11-32(12-3-1)34-13-10-14-36(29-34)52-53-43(31-44(54-52)35-23-26-40-38-15-5-8-19-47(38)56-49(40)30-35)33-21-24-37(25-22-33)55-45-18-7-4-17-42(45)50-46(55)28-27-41-39-16-6-9-20-48(39)57-51(41)50/h1-31H. The van der Waals surface area contributed by atoms with E-state index in [-0.39, 0.29) is 0 Å². The minimum absolute atomic E-state index is 0.659. The highest BCUT2D eigenvalue weighted by Crippen LogP contribution is 2.41. The highest BCUT2D eigenvalue weighted by Gasteiger charge is 2.19. The van der Waals surface area contributed by atoms with E-state index in [2.05, 4.69) is 156 Å². The Morgan fingerprint density at radius 2 is 0.965 bits per heavy atom. The van der Waals surface area contributed by atoms with E-state index in [4.69, 9.17) is 18.8 Å². The first-order chi connectivity index (χ1) is 28.2. The number of fused-ring (bicyclic) bond motifs is 10. The third-order valence-corrected chi connectivity index (χ3v) is 11.2. The van der Waals surface area contributed by atoms with Gasteiger partial charge in [0.05, 0.1) is 27.8 Å². The fourth-order valence-corrected chi connectivity index (χ4v) is 8.52.